The maximum Gasteiger partial charge on any atom is 0.0651 e. The number of benzene rings is 8. The normalized spacial score (nSPS) is 16.2. The highest BCUT2D eigenvalue weighted by atomic mass is 15.1. The molecule has 0 saturated heterocycles. The molecule has 0 unspecified atom stereocenters. The molecule has 0 saturated carbocycles. The predicted octanol–water partition coefficient (Wildman–Crippen LogP) is 13.1. The molecule has 9 rings (SSSR count). The van der Waals surface area contributed by atoms with Crippen LogP contribution in [0.1, 0.15) is 40.1 Å². The average Bonchev–Trinajstić information content (AvgIpc) is 3.48. The summed E-state index contributed by atoms with van der Waals surface area (Å²) in [6.45, 7) is 4.39. The molecule has 0 heterocycles. The van der Waals surface area contributed by atoms with E-state index < -0.39 is 54.4 Å². The lowest BCUT2D eigenvalue weighted by atomic mass is 9.79. The van der Waals surface area contributed by atoms with Crippen LogP contribution in [0.15, 0.2) is 176 Å². The molecule has 1 aliphatic carbocycles. The topological polar surface area (TPSA) is 3.24 Å². The van der Waals surface area contributed by atoms with Gasteiger partial charge in [0.25, 0.3) is 0 Å². The first kappa shape index (κ1) is 19.0. The number of rotatable bonds is 5. The first-order valence-electron chi connectivity index (χ1n) is 21.4. The highest BCUT2D eigenvalue weighted by Gasteiger charge is 2.37. The summed E-state index contributed by atoms with van der Waals surface area (Å²) in [6, 6.07) is 28.8. The van der Waals surface area contributed by atoms with Gasteiger partial charge in [0, 0.05) is 22.2 Å². The fourth-order valence-electron chi connectivity index (χ4n) is 7.24. The Labute approximate surface area is 297 Å². The van der Waals surface area contributed by atoms with Crippen molar-refractivity contribution in [2.45, 2.75) is 19.3 Å². The van der Waals surface area contributed by atoms with E-state index in [1.807, 2.05) is 60.7 Å². The third-order valence-electron chi connectivity index (χ3n) is 9.43. The van der Waals surface area contributed by atoms with Crippen molar-refractivity contribution in [3.05, 3.63) is 187 Å². The lowest BCUT2D eigenvalue weighted by Crippen LogP contribution is -2.16. The van der Waals surface area contributed by atoms with Crippen molar-refractivity contribution < 1.29 is 15.1 Å². The fraction of sp³-hybridized carbons (Fsp3) is 0.0638. The highest BCUT2D eigenvalue weighted by molar-refractivity contribution is 6.01. The molecule has 48 heavy (non-hydrogen) atoms. The molecule has 0 bridgehead atoms. The van der Waals surface area contributed by atoms with E-state index >= 15 is 0 Å². The molecule has 228 valence electrons. The van der Waals surface area contributed by atoms with Gasteiger partial charge in [0.2, 0.25) is 0 Å². The van der Waals surface area contributed by atoms with Crippen LogP contribution in [-0.4, -0.2) is 0 Å². The van der Waals surface area contributed by atoms with E-state index in [2.05, 4.69) is 38.1 Å². The van der Waals surface area contributed by atoms with Crippen molar-refractivity contribution in [3.63, 3.8) is 0 Å². The van der Waals surface area contributed by atoms with Gasteiger partial charge in [-0.2, -0.15) is 0 Å². The molecule has 8 aromatic rings. The van der Waals surface area contributed by atoms with Crippen LogP contribution in [0.3, 0.4) is 0 Å². The summed E-state index contributed by atoms with van der Waals surface area (Å²) in [7, 11) is 0. The van der Waals surface area contributed by atoms with E-state index in [-0.39, 0.29) is 50.9 Å². The molecule has 8 aromatic carbocycles. The van der Waals surface area contributed by atoms with E-state index in [1.165, 1.54) is 10.5 Å². The number of hydrogen-bond acceptors (Lipinski definition) is 1. The number of nitrogens with zero attached hydrogens (tertiary/aromatic N) is 1. The van der Waals surface area contributed by atoms with E-state index in [1.54, 1.807) is 24.3 Å². The Hall–Kier alpha value is -5.92. The molecule has 1 heteroatoms. The van der Waals surface area contributed by atoms with Gasteiger partial charge in [0.1, 0.15) is 0 Å². The van der Waals surface area contributed by atoms with Gasteiger partial charge < -0.3 is 4.90 Å². The SMILES string of the molecule is [2H]c1c([2H])c(-c2cccc3ccccc23)c([2H])c(N(c2ccc(-c3cccc4c3C(C)(C)c3ccccc3-4)cc2)c2c([2H])c([2H])c([2H])c3c([2H])c([2H])c([2H])c([2H])c23)c1[2H]. The van der Waals surface area contributed by atoms with Crippen molar-refractivity contribution in [1.82, 2.24) is 0 Å². The van der Waals surface area contributed by atoms with Crippen molar-refractivity contribution in [3.8, 4) is 33.4 Å². The molecule has 0 spiro atoms. The van der Waals surface area contributed by atoms with Crippen molar-refractivity contribution in [2.24, 2.45) is 0 Å². The van der Waals surface area contributed by atoms with Crippen LogP contribution in [0, 0.1) is 0 Å². The van der Waals surface area contributed by atoms with Gasteiger partial charge in [-0.15, -0.1) is 0 Å². The number of hydrogen-bond donors (Lipinski definition) is 0. The first-order valence-corrected chi connectivity index (χ1v) is 15.9. The van der Waals surface area contributed by atoms with Gasteiger partial charge in [0.05, 0.1) is 20.8 Å². The second-order valence-corrected chi connectivity index (χ2v) is 12.5. The highest BCUT2D eigenvalue weighted by Crippen LogP contribution is 2.52. The van der Waals surface area contributed by atoms with E-state index in [4.69, 9.17) is 11.0 Å². The zero-order valence-corrected chi connectivity index (χ0v) is 26.3. The van der Waals surface area contributed by atoms with Crippen molar-refractivity contribution in [2.75, 3.05) is 4.90 Å². The van der Waals surface area contributed by atoms with E-state index in [0.29, 0.717) is 10.9 Å². The maximum absolute atomic E-state index is 9.82. The Bertz CT molecular complexity index is 3090. The van der Waals surface area contributed by atoms with Gasteiger partial charge in [-0.3, -0.25) is 0 Å². The summed E-state index contributed by atoms with van der Waals surface area (Å²) >= 11 is 0. The molecule has 1 aliphatic rings. The molecule has 0 aromatic heterocycles. The largest absolute Gasteiger partial charge is 0.310 e. The average molecular weight is 625 g/mol. The zero-order chi connectivity index (χ0) is 41.8. The van der Waals surface area contributed by atoms with Gasteiger partial charge in [-0.05, 0) is 90.9 Å². The molecular weight excluding hydrogens is 579 g/mol. The van der Waals surface area contributed by atoms with Crippen molar-refractivity contribution in [1.29, 1.82) is 0 Å². The third-order valence-corrected chi connectivity index (χ3v) is 9.43. The molecule has 0 amide bonds. The van der Waals surface area contributed by atoms with Crippen LogP contribution in [-0.2, 0) is 5.41 Å². The number of anilines is 3. The first-order chi connectivity index (χ1) is 28.2. The molecule has 0 N–H and O–H groups in total. The van der Waals surface area contributed by atoms with Gasteiger partial charge in [0.15, 0.2) is 0 Å². The lowest BCUT2D eigenvalue weighted by molar-refractivity contribution is 0.662. The van der Waals surface area contributed by atoms with E-state index in [9.17, 15) is 4.11 Å². The van der Waals surface area contributed by atoms with Gasteiger partial charge >= 0.3 is 0 Å². The minimum absolute atomic E-state index is 0.0574. The van der Waals surface area contributed by atoms with E-state index in [0.717, 1.165) is 33.2 Å². The summed E-state index contributed by atoms with van der Waals surface area (Å²) in [6.07, 6.45) is 0. The fourth-order valence-corrected chi connectivity index (χ4v) is 7.24. The second kappa shape index (κ2) is 11.1. The molecule has 0 radical (unpaired) electrons. The Balaban J connectivity index is 1.36. The monoisotopic (exact) mass is 624 g/mol. The van der Waals surface area contributed by atoms with Crippen LogP contribution < -0.4 is 4.90 Å². The van der Waals surface area contributed by atoms with Gasteiger partial charge in [-0.25, -0.2) is 0 Å². The Morgan fingerprint density at radius 1 is 0.479 bits per heavy atom. The summed E-state index contributed by atoms with van der Waals surface area (Å²) in [5.74, 6) is 0. The van der Waals surface area contributed by atoms with Gasteiger partial charge in [-0.1, -0.05) is 159 Å². The summed E-state index contributed by atoms with van der Waals surface area (Å²) in [4.78, 5) is 1.33. The molecule has 0 atom stereocenters. The smallest absolute Gasteiger partial charge is 0.0651 e. The zero-order valence-electron chi connectivity index (χ0n) is 37.3. The quantitative estimate of drug-likeness (QED) is 0.184. The predicted molar refractivity (Wildman–Crippen MR) is 205 cm³/mol. The summed E-state index contributed by atoms with van der Waals surface area (Å²) in [5, 5.41) is 1.02. The van der Waals surface area contributed by atoms with Crippen LogP contribution >= 0.6 is 0 Å². The van der Waals surface area contributed by atoms with Crippen LogP contribution in [0.25, 0.3) is 54.9 Å². The minimum atomic E-state index is -0.617. The Morgan fingerprint density at radius 2 is 1.17 bits per heavy atom. The molecular formula is C47H35N. The van der Waals surface area contributed by atoms with Crippen LogP contribution in [0.2, 0.25) is 0 Å². The lowest BCUT2D eigenvalue weighted by Gasteiger charge is -2.28. The van der Waals surface area contributed by atoms with Crippen LogP contribution in [0.5, 0.6) is 0 Å². The minimum Gasteiger partial charge on any atom is -0.310 e. The Morgan fingerprint density at radius 3 is 2.08 bits per heavy atom. The van der Waals surface area contributed by atoms with Crippen molar-refractivity contribution >= 4 is 38.6 Å². The molecule has 0 aliphatic heterocycles. The molecule has 1 nitrogen and oxygen atoms in total. The standard InChI is InChI=1S/C47H35N/c1-47(2)44-25-8-7-21-42(44)43-24-12-23-41(46(43)47)34-27-29-36(30-28-34)48(45-26-11-16-33-14-4-6-20-40(33)45)37-18-9-17-35(31-37)39-22-10-15-32-13-3-5-19-38(32)39/h3-31H,1-2H3/i4D,6D,9D,11D,14D,16D,17D,18D,20D,26D,31D. The Kier molecular flexibility index (Phi) is 4.40. The summed E-state index contributed by atoms with van der Waals surface area (Å²) in [5.41, 5.74) is 6.51. The molecule has 0 fully saturated rings. The summed E-state index contributed by atoms with van der Waals surface area (Å²) < 4.78 is 99.5. The second-order valence-electron chi connectivity index (χ2n) is 12.5. The number of fused-ring (bicyclic) bond motifs is 5. The third kappa shape index (κ3) is 4.47. The van der Waals surface area contributed by atoms with Crippen LogP contribution in [0.4, 0.5) is 17.1 Å². The maximum atomic E-state index is 9.82.